The van der Waals surface area contributed by atoms with E-state index in [0.717, 1.165) is 18.4 Å². The van der Waals surface area contributed by atoms with Gasteiger partial charge in [0.1, 0.15) is 0 Å². The average molecular weight is 489 g/mol. The number of esters is 1. The molecule has 0 amide bonds. The van der Waals surface area contributed by atoms with Crippen molar-refractivity contribution in [1.82, 2.24) is 0 Å². The van der Waals surface area contributed by atoms with Crippen molar-refractivity contribution in [2.75, 3.05) is 0 Å². The minimum atomic E-state index is -0.989. The molecule has 0 saturated heterocycles. The zero-order valence-corrected chi connectivity index (χ0v) is 22.7. The monoisotopic (exact) mass is 488 g/mol. The fourth-order valence-corrected chi connectivity index (χ4v) is 6.82. The maximum Gasteiger partial charge on any atom is 0.314 e. The Morgan fingerprint density at radius 3 is 2.37 bits per heavy atom. The van der Waals surface area contributed by atoms with E-state index in [-0.39, 0.29) is 17.5 Å². The Bertz CT molecular complexity index is 826. The van der Waals surface area contributed by atoms with Crippen molar-refractivity contribution in [2.45, 2.75) is 117 Å². The van der Waals surface area contributed by atoms with E-state index < -0.39 is 23.7 Å². The highest BCUT2D eigenvalue weighted by atomic mass is 16.5. The van der Waals surface area contributed by atoms with Gasteiger partial charge in [-0.2, -0.15) is 0 Å². The van der Waals surface area contributed by atoms with Gasteiger partial charge in [-0.05, 0) is 102 Å². The molecule has 0 unspecified atom stereocenters. The molecule has 0 spiro atoms. The topological polar surface area (TPSA) is 87.0 Å². The predicted molar refractivity (Wildman–Crippen MR) is 140 cm³/mol. The molecule has 0 aromatic carbocycles. The quantitative estimate of drug-likeness (QED) is 0.326. The summed E-state index contributed by atoms with van der Waals surface area (Å²) in [5.41, 5.74) is 1.89. The number of aliphatic hydroxyl groups excluding tert-OH is 3. The second kappa shape index (κ2) is 11.3. The van der Waals surface area contributed by atoms with Crippen LogP contribution < -0.4 is 0 Å². The van der Waals surface area contributed by atoms with Crippen molar-refractivity contribution in [3.05, 3.63) is 35.5 Å². The predicted octanol–water partition coefficient (Wildman–Crippen LogP) is 5.49. The number of aliphatic hydroxyl groups is 3. The second-order valence-corrected chi connectivity index (χ2v) is 12.5. The van der Waals surface area contributed by atoms with Gasteiger partial charge in [0.2, 0.25) is 0 Å². The molecule has 0 heterocycles. The first kappa shape index (κ1) is 28.1. The third kappa shape index (κ3) is 6.47. The van der Waals surface area contributed by atoms with Crippen molar-refractivity contribution < 1.29 is 24.9 Å². The van der Waals surface area contributed by atoms with E-state index in [0.29, 0.717) is 37.0 Å². The van der Waals surface area contributed by atoms with E-state index in [4.69, 9.17) is 4.74 Å². The summed E-state index contributed by atoms with van der Waals surface area (Å²) in [5, 5.41) is 30.8. The van der Waals surface area contributed by atoms with Crippen LogP contribution in [0.3, 0.4) is 0 Å². The molecule has 0 aromatic heterocycles. The normalized spacial score (nSPS) is 34.8. The smallest absolute Gasteiger partial charge is 0.314 e. The van der Waals surface area contributed by atoms with Gasteiger partial charge >= 0.3 is 5.97 Å². The fraction of sp³-hybridized carbons (Fsp3) is 0.767. The van der Waals surface area contributed by atoms with Crippen LogP contribution in [-0.4, -0.2) is 45.7 Å². The number of carbonyl (C=O) groups is 1. The Balaban J connectivity index is 1.69. The molecule has 35 heavy (non-hydrogen) atoms. The van der Waals surface area contributed by atoms with E-state index >= 15 is 0 Å². The fourth-order valence-electron chi connectivity index (χ4n) is 6.82. The van der Waals surface area contributed by atoms with E-state index in [9.17, 15) is 20.1 Å². The van der Waals surface area contributed by atoms with Crippen LogP contribution in [0, 0.1) is 28.6 Å². The molecule has 7 atom stereocenters. The lowest BCUT2D eigenvalue weighted by atomic mass is 9.61. The summed E-state index contributed by atoms with van der Waals surface area (Å²) in [6, 6.07) is 0. The zero-order chi connectivity index (χ0) is 26.0. The second-order valence-electron chi connectivity index (χ2n) is 12.5. The number of hydrogen-bond donors (Lipinski definition) is 3. The third-order valence-corrected chi connectivity index (χ3v) is 8.95. The molecular formula is C30H48O5. The summed E-state index contributed by atoms with van der Waals surface area (Å²) in [6.45, 7) is 11.8. The minimum absolute atomic E-state index is 0.204. The van der Waals surface area contributed by atoms with Gasteiger partial charge in [-0.25, -0.2) is 0 Å². The van der Waals surface area contributed by atoms with Crippen molar-refractivity contribution in [3.8, 4) is 0 Å². The van der Waals surface area contributed by atoms with Gasteiger partial charge in [-0.1, -0.05) is 49.3 Å². The Morgan fingerprint density at radius 1 is 1.09 bits per heavy atom. The first-order chi connectivity index (χ1) is 16.3. The van der Waals surface area contributed by atoms with Gasteiger partial charge in [-0.3, -0.25) is 4.79 Å². The summed E-state index contributed by atoms with van der Waals surface area (Å²) in [6.07, 6.45) is 14.0. The van der Waals surface area contributed by atoms with Crippen LogP contribution in [0.4, 0.5) is 0 Å². The number of carbonyl (C=O) groups excluding carboxylic acids is 1. The van der Waals surface area contributed by atoms with Gasteiger partial charge in [0.25, 0.3) is 0 Å². The Kier molecular flexibility index (Phi) is 9.10. The molecule has 3 aliphatic rings. The number of rotatable bonds is 7. The number of fused-ring (bicyclic) bond motifs is 1. The van der Waals surface area contributed by atoms with Crippen LogP contribution in [0.25, 0.3) is 0 Å². The highest BCUT2D eigenvalue weighted by molar-refractivity contribution is 5.77. The molecule has 3 aliphatic carbocycles. The van der Waals surface area contributed by atoms with Crippen molar-refractivity contribution >= 4 is 5.97 Å². The molecule has 0 radical (unpaired) electrons. The molecule has 3 fully saturated rings. The zero-order valence-electron chi connectivity index (χ0n) is 22.7. The van der Waals surface area contributed by atoms with Crippen LogP contribution in [-0.2, 0) is 9.53 Å². The van der Waals surface area contributed by atoms with Gasteiger partial charge in [0.05, 0.1) is 29.8 Å². The number of ether oxygens (including phenoxy) is 1. The number of hydrogen-bond acceptors (Lipinski definition) is 5. The largest absolute Gasteiger partial charge is 0.462 e. The lowest BCUT2D eigenvalue weighted by molar-refractivity contribution is -0.162. The summed E-state index contributed by atoms with van der Waals surface area (Å²) in [4.78, 5) is 12.4. The van der Waals surface area contributed by atoms with Gasteiger partial charge in [-0.15, -0.1) is 0 Å². The Morgan fingerprint density at radius 2 is 1.74 bits per heavy atom. The highest BCUT2D eigenvalue weighted by Crippen LogP contribution is 2.59. The van der Waals surface area contributed by atoms with Gasteiger partial charge < -0.3 is 20.1 Å². The lowest BCUT2D eigenvalue weighted by Gasteiger charge is -2.44. The molecule has 5 nitrogen and oxygen atoms in total. The summed E-state index contributed by atoms with van der Waals surface area (Å²) < 4.78 is 5.35. The van der Waals surface area contributed by atoms with Crippen LogP contribution in [0.5, 0.6) is 0 Å². The van der Waals surface area contributed by atoms with Crippen LogP contribution in [0.15, 0.2) is 35.5 Å². The summed E-state index contributed by atoms with van der Waals surface area (Å²) >= 11 is 0. The molecule has 3 saturated carbocycles. The third-order valence-electron chi connectivity index (χ3n) is 8.95. The van der Waals surface area contributed by atoms with Crippen molar-refractivity contribution in [2.24, 2.45) is 28.6 Å². The summed E-state index contributed by atoms with van der Waals surface area (Å²) in [5.74, 6) is 1.00. The van der Waals surface area contributed by atoms with E-state index in [1.54, 1.807) is 19.9 Å². The van der Waals surface area contributed by atoms with Crippen LogP contribution in [0.1, 0.15) is 92.9 Å². The molecule has 3 N–H and O–H groups in total. The summed E-state index contributed by atoms with van der Waals surface area (Å²) in [7, 11) is 0. The first-order valence-corrected chi connectivity index (χ1v) is 13.7. The first-order valence-electron chi connectivity index (χ1n) is 13.7. The number of allylic oxidation sites excluding steroid dienone is 4. The molecule has 5 heteroatoms. The SMILES string of the molecule is CC(C)OC(=O)C(C)(C)[C@H](O)/C=C/[C@@H](C)[C@H]1CC[C@H]2/C(=C/C=C3C[C@@H](O)C[C@H](O)C3)CCC[C@]12C. The molecular weight excluding hydrogens is 440 g/mol. The van der Waals surface area contributed by atoms with E-state index in [1.807, 2.05) is 13.8 Å². The maximum absolute atomic E-state index is 12.4. The Hall–Kier alpha value is -1.43. The van der Waals surface area contributed by atoms with Crippen LogP contribution in [0.2, 0.25) is 0 Å². The van der Waals surface area contributed by atoms with Gasteiger partial charge in [0.15, 0.2) is 0 Å². The van der Waals surface area contributed by atoms with Crippen LogP contribution >= 0.6 is 0 Å². The Labute approximate surface area is 212 Å². The van der Waals surface area contributed by atoms with Crippen molar-refractivity contribution in [1.29, 1.82) is 0 Å². The molecule has 0 aliphatic heterocycles. The average Bonchev–Trinajstić information content (AvgIpc) is 3.12. The molecule has 198 valence electrons. The minimum Gasteiger partial charge on any atom is -0.462 e. The molecule has 0 aromatic rings. The maximum atomic E-state index is 12.4. The highest BCUT2D eigenvalue weighted by Gasteiger charge is 2.50. The standard InChI is InChI=1S/C30H48O5/c1-19(2)35-28(34)29(4,5)27(33)14-9-20(3)25-12-13-26-22(8-7-15-30(25,26)6)11-10-21-16-23(31)18-24(32)17-21/h9-11,14,19-20,23-27,31-33H,7-8,12-13,15-18H2,1-6H3/b14-9+,22-11+/t20-,23-,24-,25-,26+,27-,30-/m1/s1. The van der Waals surface area contributed by atoms with Crippen molar-refractivity contribution in [3.63, 3.8) is 0 Å². The molecule has 3 rings (SSSR count). The van der Waals surface area contributed by atoms with E-state index in [1.165, 1.54) is 24.8 Å². The molecule has 0 bridgehead atoms. The lowest BCUT2D eigenvalue weighted by Crippen LogP contribution is -2.39. The van der Waals surface area contributed by atoms with E-state index in [2.05, 4.69) is 32.1 Å². The van der Waals surface area contributed by atoms with Gasteiger partial charge in [0, 0.05) is 0 Å².